The molecule has 0 saturated carbocycles. The minimum atomic E-state index is 0.134. The van der Waals surface area contributed by atoms with Gasteiger partial charge in [-0.2, -0.15) is 0 Å². The van der Waals surface area contributed by atoms with E-state index < -0.39 is 0 Å². The zero-order valence-electron chi connectivity index (χ0n) is 14.4. The monoisotopic (exact) mass is 317 g/mol. The Morgan fingerprint density at radius 3 is 2.52 bits per heavy atom. The van der Waals surface area contributed by atoms with E-state index >= 15 is 0 Å². The minimum absolute atomic E-state index is 0.134. The van der Waals surface area contributed by atoms with Crippen LogP contribution in [-0.2, 0) is 4.79 Å². The van der Waals surface area contributed by atoms with Crippen LogP contribution in [0.5, 0.6) is 5.75 Å². The van der Waals surface area contributed by atoms with Crippen LogP contribution in [0, 0.1) is 6.92 Å². The Morgan fingerprint density at radius 2 is 1.91 bits per heavy atom. The van der Waals surface area contributed by atoms with Crippen LogP contribution in [0.15, 0.2) is 24.3 Å². The first kappa shape index (κ1) is 16.3. The molecule has 0 aromatic heterocycles. The van der Waals surface area contributed by atoms with E-state index in [1.807, 2.05) is 29.2 Å². The molecule has 1 aromatic rings. The second kappa shape index (κ2) is 6.89. The van der Waals surface area contributed by atoms with E-state index in [4.69, 9.17) is 4.74 Å². The van der Waals surface area contributed by atoms with Crippen LogP contribution in [0.3, 0.4) is 0 Å². The van der Waals surface area contributed by atoms with Gasteiger partial charge in [0.25, 0.3) is 0 Å². The van der Waals surface area contributed by atoms with Gasteiger partial charge in [-0.3, -0.25) is 9.69 Å². The molecule has 126 valence electrons. The van der Waals surface area contributed by atoms with Crippen molar-refractivity contribution in [2.45, 2.75) is 25.5 Å². The van der Waals surface area contributed by atoms with E-state index in [0.29, 0.717) is 25.7 Å². The number of likely N-dealkylation sites (tertiary alicyclic amines) is 2. The number of carbonyl (C=O) groups excluding carboxylic acids is 1. The Morgan fingerprint density at radius 1 is 1.22 bits per heavy atom. The molecule has 3 rings (SSSR count). The van der Waals surface area contributed by atoms with Gasteiger partial charge in [-0.1, -0.05) is 17.7 Å². The Hall–Kier alpha value is -1.59. The molecule has 0 bridgehead atoms. The Balaban J connectivity index is 1.39. The molecule has 2 fully saturated rings. The van der Waals surface area contributed by atoms with Gasteiger partial charge < -0.3 is 14.5 Å². The van der Waals surface area contributed by atoms with Crippen LogP contribution >= 0.6 is 0 Å². The van der Waals surface area contributed by atoms with Gasteiger partial charge in [-0.25, -0.2) is 0 Å². The third-order valence-electron chi connectivity index (χ3n) is 4.86. The van der Waals surface area contributed by atoms with E-state index in [9.17, 15) is 4.79 Å². The summed E-state index contributed by atoms with van der Waals surface area (Å²) in [7, 11) is 4.22. The van der Waals surface area contributed by atoms with Gasteiger partial charge in [-0.05, 0) is 39.6 Å². The highest BCUT2D eigenvalue weighted by Gasteiger charge is 2.34. The summed E-state index contributed by atoms with van der Waals surface area (Å²) in [6, 6.07) is 8.66. The number of likely N-dealkylation sites (N-methyl/N-ethyl adjacent to an activating group) is 1. The molecule has 2 aliphatic rings. The number of nitrogens with zero attached hydrogens (tertiary/aromatic N) is 3. The molecule has 1 aromatic carbocycles. The molecule has 1 atom stereocenters. The predicted octanol–water partition coefficient (Wildman–Crippen LogP) is 1.22. The normalized spacial score (nSPS) is 22.4. The third-order valence-corrected chi connectivity index (χ3v) is 4.86. The van der Waals surface area contributed by atoms with Crippen molar-refractivity contribution in [3.05, 3.63) is 29.8 Å². The molecule has 0 N–H and O–H groups in total. The zero-order chi connectivity index (χ0) is 16.4. The van der Waals surface area contributed by atoms with Gasteiger partial charge in [0.15, 0.2) is 0 Å². The Labute approximate surface area is 138 Å². The lowest BCUT2D eigenvalue weighted by Crippen LogP contribution is -2.58. The fraction of sp³-hybridized carbons (Fsp3) is 0.611. The summed E-state index contributed by atoms with van der Waals surface area (Å²) in [5.41, 5.74) is 1.23. The molecule has 5 heteroatoms. The Bertz CT molecular complexity index is 538. The van der Waals surface area contributed by atoms with Gasteiger partial charge in [0, 0.05) is 19.1 Å². The van der Waals surface area contributed by atoms with Crippen molar-refractivity contribution in [3.8, 4) is 5.75 Å². The number of rotatable bonds is 5. The number of amides is 1. The zero-order valence-corrected chi connectivity index (χ0v) is 14.4. The predicted molar refractivity (Wildman–Crippen MR) is 90.7 cm³/mol. The molecule has 1 amide bonds. The van der Waals surface area contributed by atoms with Gasteiger partial charge >= 0.3 is 0 Å². The molecule has 23 heavy (non-hydrogen) atoms. The SMILES string of the molecule is Cc1ccc(OC2CN(C(=O)CN3CCC(N(C)C)C3)C2)cc1. The molecular formula is C18H27N3O2. The lowest BCUT2D eigenvalue weighted by molar-refractivity contribution is -0.141. The van der Waals surface area contributed by atoms with Gasteiger partial charge in [0.05, 0.1) is 19.6 Å². The molecule has 2 saturated heterocycles. The summed E-state index contributed by atoms with van der Waals surface area (Å²) < 4.78 is 5.89. The van der Waals surface area contributed by atoms with Crippen molar-refractivity contribution in [1.82, 2.24) is 14.7 Å². The maximum atomic E-state index is 12.3. The topological polar surface area (TPSA) is 36.0 Å². The first-order valence-corrected chi connectivity index (χ1v) is 8.41. The largest absolute Gasteiger partial charge is 0.487 e. The van der Waals surface area contributed by atoms with Crippen LogP contribution in [-0.4, -0.2) is 79.6 Å². The number of carbonyl (C=O) groups is 1. The summed E-state index contributed by atoms with van der Waals surface area (Å²) >= 11 is 0. The summed E-state index contributed by atoms with van der Waals surface area (Å²) in [6.07, 6.45) is 1.29. The van der Waals surface area contributed by atoms with Crippen molar-refractivity contribution in [1.29, 1.82) is 0 Å². The van der Waals surface area contributed by atoms with E-state index in [1.165, 1.54) is 5.56 Å². The molecule has 5 nitrogen and oxygen atoms in total. The maximum Gasteiger partial charge on any atom is 0.237 e. The highest BCUT2D eigenvalue weighted by Crippen LogP contribution is 2.19. The summed E-state index contributed by atoms with van der Waals surface area (Å²) in [6.45, 7) is 6.03. The number of ether oxygens (including phenoxy) is 1. The van der Waals surface area contributed by atoms with Gasteiger partial charge in [-0.15, -0.1) is 0 Å². The first-order chi connectivity index (χ1) is 11.0. The van der Waals surface area contributed by atoms with Crippen LogP contribution in [0.4, 0.5) is 0 Å². The van der Waals surface area contributed by atoms with Gasteiger partial charge in [0.2, 0.25) is 5.91 Å². The smallest absolute Gasteiger partial charge is 0.237 e. The highest BCUT2D eigenvalue weighted by atomic mass is 16.5. The standard InChI is InChI=1S/C18H27N3O2/c1-14-4-6-16(7-5-14)23-17-11-21(12-17)18(22)13-20-9-8-15(10-20)19(2)3/h4-7,15,17H,8-13H2,1-3H3. The fourth-order valence-corrected chi connectivity index (χ4v) is 3.19. The lowest BCUT2D eigenvalue weighted by Gasteiger charge is -2.39. The van der Waals surface area contributed by atoms with Gasteiger partial charge in [0.1, 0.15) is 11.9 Å². The third kappa shape index (κ3) is 4.03. The van der Waals surface area contributed by atoms with Crippen molar-refractivity contribution < 1.29 is 9.53 Å². The fourth-order valence-electron chi connectivity index (χ4n) is 3.19. The number of hydrogen-bond acceptors (Lipinski definition) is 4. The average molecular weight is 317 g/mol. The van der Waals surface area contributed by atoms with Crippen molar-refractivity contribution in [3.63, 3.8) is 0 Å². The van der Waals surface area contributed by atoms with Crippen LogP contribution in [0.1, 0.15) is 12.0 Å². The molecule has 0 radical (unpaired) electrons. The van der Waals surface area contributed by atoms with E-state index in [2.05, 4.69) is 30.8 Å². The number of hydrogen-bond donors (Lipinski definition) is 0. The van der Waals surface area contributed by atoms with Crippen molar-refractivity contribution in [2.75, 3.05) is 46.8 Å². The molecule has 2 aliphatic heterocycles. The molecule has 0 spiro atoms. The van der Waals surface area contributed by atoms with E-state index in [1.54, 1.807) is 0 Å². The van der Waals surface area contributed by atoms with Crippen molar-refractivity contribution >= 4 is 5.91 Å². The maximum absolute atomic E-state index is 12.3. The summed E-state index contributed by atoms with van der Waals surface area (Å²) in [5, 5.41) is 0. The first-order valence-electron chi connectivity index (χ1n) is 8.41. The quantitative estimate of drug-likeness (QED) is 0.818. The number of benzene rings is 1. The van der Waals surface area contributed by atoms with E-state index in [0.717, 1.165) is 25.3 Å². The second-order valence-electron chi connectivity index (χ2n) is 6.99. The minimum Gasteiger partial charge on any atom is -0.487 e. The Kier molecular flexibility index (Phi) is 4.87. The lowest BCUT2D eigenvalue weighted by atomic mass is 10.1. The summed E-state index contributed by atoms with van der Waals surface area (Å²) in [5.74, 6) is 1.12. The van der Waals surface area contributed by atoms with Crippen molar-refractivity contribution in [2.24, 2.45) is 0 Å². The van der Waals surface area contributed by atoms with Crippen LogP contribution in [0.25, 0.3) is 0 Å². The summed E-state index contributed by atoms with van der Waals surface area (Å²) in [4.78, 5) is 18.7. The molecular weight excluding hydrogens is 290 g/mol. The highest BCUT2D eigenvalue weighted by molar-refractivity contribution is 5.79. The second-order valence-corrected chi connectivity index (χ2v) is 6.99. The number of aryl methyl sites for hydroxylation is 1. The molecule has 0 aliphatic carbocycles. The van der Waals surface area contributed by atoms with Crippen LogP contribution in [0.2, 0.25) is 0 Å². The van der Waals surface area contributed by atoms with Crippen LogP contribution < -0.4 is 4.74 Å². The molecule has 1 unspecified atom stereocenters. The molecule has 2 heterocycles. The average Bonchev–Trinajstić information content (AvgIpc) is 2.93. The van der Waals surface area contributed by atoms with E-state index in [-0.39, 0.29) is 12.0 Å².